The first kappa shape index (κ1) is 17.8. The molecule has 1 aliphatic heterocycles. The SMILES string of the molecule is COc1cccc(C2(C(=O)N3CCC(NCC4CC4)CC3)CCCC2)c1. The number of likely N-dealkylation sites (tertiary alicyclic amines) is 1. The third kappa shape index (κ3) is 3.62. The third-order valence-electron chi connectivity index (χ3n) is 6.66. The number of nitrogens with zero attached hydrogens (tertiary/aromatic N) is 1. The number of hydrogen-bond donors (Lipinski definition) is 1. The number of amides is 1. The molecule has 3 aliphatic rings. The van der Waals surface area contributed by atoms with Crippen molar-refractivity contribution >= 4 is 5.91 Å². The summed E-state index contributed by atoms with van der Waals surface area (Å²) >= 11 is 0. The standard InChI is InChI=1S/C22H32N2O2/c1-26-20-6-4-5-18(15-20)22(11-2-3-12-22)21(25)24-13-9-19(10-14-24)23-16-17-7-8-17/h4-6,15,17,19,23H,2-3,7-14,16H2,1H3. The summed E-state index contributed by atoms with van der Waals surface area (Å²) in [5.74, 6) is 2.12. The highest BCUT2D eigenvalue weighted by atomic mass is 16.5. The summed E-state index contributed by atoms with van der Waals surface area (Å²) in [6, 6.07) is 8.78. The number of hydrogen-bond acceptors (Lipinski definition) is 3. The Morgan fingerprint density at radius 3 is 2.58 bits per heavy atom. The normalized spacial score (nSPS) is 23.2. The maximum atomic E-state index is 13.6. The number of benzene rings is 1. The van der Waals surface area contributed by atoms with Crippen LogP contribution in [-0.4, -0.2) is 43.6 Å². The first-order valence-electron chi connectivity index (χ1n) is 10.4. The van der Waals surface area contributed by atoms with Crippen molar-refractivity contribution in [1.29, 1.82) is 0 Å². The van der Waals surface area contributed by atoms with Gasteiger partial charge in [0.25, 0.3) is 0 Å². The second kappa shape index (κ2) is 7.59. The van der Waals surface area contributed by atoms with E-state index in [4.69, 9.17) is 4.74 Å². The number of methoxy groups -OCH3 is 1. The van der Waals surface area contributed by atoms with Crippen LogP contribution in [0, 0.1) is 5.92 Å². The minimum Gasteiger partial charge on any atom is -0.497 e. The summed E-state index contributed by atoms with van der Waals surface area (Å²) < 4.78 is 5.42. The van der Waals surface area contributed by atoms with Crippen molar-refractivity contribution in [2.45, 2.75) is 62.8 Å². The molecule has 2 saturated carbocycles. The Bertz CT molecular complexity index is 627. The molecular formula is C22H32N2O2. The average molecular weight is 357 g/mol. The van der Waals surface area contributed by atoms with Crippen LogP contribution in [0.4, 0.5) is 0 Å². The van der Waals surface area contributed by atoms with Gasteiger partial charge in [0.05, 0.1) is 12.5 Å². The molecule has 4 heteroatoms. The summed E-state index contributed by atoms with van der Waals surface area (Å²) in [7, 11) is 1.70. The first-order valence-corrected chi connectivity index (χ1v) is 10.4. The van der Waals surface area contributed by atoms with Crippen LogP contribution in [0.1, 0.15) is 56.9 Å². The number of ether oxygens (including phenoxy) is 1. The average Bonchev–Trinajstić information content (AvgIpc) is 3.40. The molecule has 0 aromatic heterocycles. The molecule has 4 rings (SSSR count). The molecule has 1 aromatic rings. The third-order valence-corrected chi connectivity index (χ3v) is 6.66. The van der Waals surface area contributed by atoms with Crippen molar-refractivity contribution in [1.82, 2.24) is 10.2 Å². The van der Waals surface area contributed by atoms with Crippen LogP contribution in [0.25, 0.3) is 0 Å². The summed E-state index contributed by atoms with van der Waals surface area (Å²) in [4.78, 5) is 15.7. The highest BCUT2D eigenvalue weighted by Crippen LogP contribution is 2.44. The van der Waals surface area contributed by atoms with Crippen molar-refractivity contribution in [2.24, 2.45) is 5.92 Å². The smallest absolute Gasteiger partial charge is 0.233 e. The van der Waals surface area contributed by atoms with Gasteiger partial charge >= 0.3 is 0 Å². The van der Waals surface area contributed by atoms with E-state index in [1.54, 1.807) is 7.11 Å². The summed E-state index contributed by atoms with van der Waals surface area (Å²) in [5.41, 5.74) is 0.816. The molecule has 4 nitrogen and oxygen atoms in total. The van der Waals surface area contributed by atoms with E-state index in [0.29, 0.717) is 11.9 Å². The van der Waals surface area contributed by atoms with Gasteiger partial charge in [-0.15, -0.1) is 0 Å². The van der Waals surface area contributed by atoms with Crippen LogP contribution in [0.2, 0.25) is 0 Å². The largest absolute Gasteiger partial charge is 0.497 e. The molecule has 0 atom stereocenters. The van der Waals surface area contributed by atoms with E-state index < -0.39 is 0 Å². The molecule has 2 aliphatic carbocycles. The quantitative estimate of drug-likeness (QED) is 0.848. The second-order valence-electron chi connectivity index (χ2n) is 8.44. The minimum atomic E-state index is -0.331. The lowest BCUT2D eigenvalue weighted by molar-refractivity contribution is -0.138. The van der Waals surface area contributed by atoms with E-state index in [9.17, 15) is 4.79 Å². The van der Waals surface area contributed by atoms with Gasteiger partial charge in [-0.3, -0.25) is 4.79 Å². The number of carbonyl (C=O) groups excluding carboxylic acids is 1. The van der Waals surface area contributed by atoms with E-state index >= 15 is 0 Å². The molecule has 1 saturated heterocycles. The van der Waals surface area contributed by atoms with Crippen molar-refractivity contribution in [2.75, 3.05) is 26.7 Å². The van der Waals surface area contributed by atoms with Crippen LogP contribution < -0.4 is 10.1 Å². The van der Waals surface area contributed by atoms with Gasteiger partial charge < -0.3 is 15.0 Å². The van der Waals surface area contributed by atoms with Gasteiger partial charge in [-0.1, -0.05) is 25.0 Å². The second-order valence-corrected chi connectivity index (χ2v) is 8.44. The lowest BCUT2D eigenvalue weighted by Gasteiger charge is -2.39. The van der Waals surface area contributed by atoms with E-state index in [1.165, 1.54) is 19.4 Å². The lowest BCUT2D eigenvalue weighted by atomic mass is 9.77. The minimum absolute atomic E-state index is 0.331. The van der Waals surface area contributed by atoms with Crippen LogP contribution in [-0.2, 0) is 10.2 Å². The summed E-state index contributed by atoms with van der Waals surface area (Å²) in [5, 5.41) is 3.71. The molecule has 1 heterocycles. The fourth-order valence-electron chi connectivity index (χ4n) is 4.77. The molecule has 3 fully saturated rings. The fourth-order valence-corrected chi connectivity index (χ4v) is 4.77. The molecule has 0 bridgehead atoms. The monoisotopic (exact) mass is 356 g/mol. The van der Waals surface area contributed by atoms with Gasteiger partial charge in [-0.05, 0) is 68.7 Å². The Morgan fingerprint density at radius 1 is 1.19 bits per heavy atom. The zero-order valence-electron chi connectivity index (χ0n) is 16.0. The van der Waals surface area contributed by atoms with Gasteiger partial charge in [-0.25, -0.2) is 0 Å². The van der Waals surface area contributed by atoms with Crippen molar-refractivity contribution in [3.63, 3.8) is 0 Å². The van der Waals surface area contributed by atoms with Gasteiger partial charge in [0.1, 0.15) is 5.75 Å². The summed E-state index contributed by atoms with van der Waals surface area (Å²) in [6.45, 7) is 2.96. The van der Waals surface area contributed by atoms with E-state index in [0.717, 1.165) is 68.8 Å². The Kier molecular flexibility index (Phi) is 5.21. The van der Waals surface area contributed by atoms with Crippen LogP contribution in [0.15, 0.2) is 24.3 Å². The summed E-state index contributed by atoms with van der Waals surface area (Å²) in [6.07, 6.45) is 9.20. The highest BCUT2D eigenvalue weighted by molar-refractivity contribution is 5.89. The van der Waals surface area contributed by atoms with Gasteiger partial charge in [0.2, 0.25) is 5.91 Å². The van der Waals surface area contributed by atoms with E-state index in [2.05, 4.69) is 22.3 Å². The molecule has 1 N–H and O–H groups in total. The molecule has 0 radical (unpaired) electrons. The molecule has 1 aromatic carbocycles. The molecule has 0 unspecified atom stereocenters. The zero-order chi connectivity index (χ0) is 18.0. The fraction of sp³-hybridized carbons (Fsp3) is 0.682. The Labute approximate surface area is 157 Å². The number of piperidine rings is 1. The van der Waals surface area contributed by atoms with Gasteiger partial charge in [0.15, 0.2) is 0 Å². The first-order chi connectivity index (χ1) is 12.7. The molecular weight excluding hydrogens is 324 g/mol. The van der Waals surface area contributed by atoms with Crippen LogP contribution in [0.3, 0.4) is 0 Å². The maximum Gasteiger partial charge on any atom is 0.233 e. The highest BCUT2D eigenvalue weighted by Gasteiger charge is 2.45. The van der Waals surface area contributed by atoms with Gasteiger partial charge in [-0.2, -0.15) is 0 Å². The van der Waals surface area contributed by atoms with E-state index in [1.807, 2.05) is 12.1 Å². The van der Waals surface area contributed by atoms with Crippen molar-refractivity contribution < 1.29 is 9.53 Å². The predicted octanol–water partition coefficient (Wildman–Crippen LogP) is 3.50. The number of carbonyl (C=O) groups is 1. The Morgan fingerprint density at radius 2 is 1.92 bits per heavy atom. The zero-order valence-corrected chi connectivity index (χ0v) is 16.0. The molecule has 1 amide bonds. The van der Waals surface area contributed by atoms with Crippen LogP contribution >= 0.6 is 0 Å². The number of nitrogens with one attached hydrogen (secondary N) is 1. The van der Waals surface area contributed by atoms with Crippen LogP contribution in [0.5, 0.6) is 5.75 Å². The maximum absolute atomic E-state index is 13.6. The lowest BCUT2D eigenvalue weighted by Crippen LogP contribution is -2.51. The van der Waals surface area contributed by atoms with Crippen molar-refractivity contribution in [3.8, 4) is 5.75 Å². The van der Waals surface area contributed by atoms with Crippen molar-refractivity contribution in [3.05, 3.63) is 29.8 Å². The number of rotatable bonds is 6. The molecule has 0 spiro atoms. The topological polar surface area (TPSA) is 41.6 Å². The molecule has 142 valence electrons. The van der Waals surface area contributed by atoms with Gasteiger partial charge in [0, 0.05) is 19.1 Å². The molecule has 26 heavy (non-hydrogen) atoms. The Balaban J connectivity index is 1.44. The predicted molar refractivity (Wildman–Crippen MR) is 103 cm³/mol. The van der Waals surface area contributed by atoms with E-state index in [-0.39, 0.29) is 5.41 Å². The Hall–Kier alpha value is -1.55.